The summed E-state index contributed by atoms with van der Waals surface area (Å²) in [7, 11) is 0. The summed E-state index contributed by atoms with van der Waals surface area (Å²) in [5, 5.41) is 0. The molecule has 0 spiro atoms. The molecule has 1 aromatic heterocycles. The van der Waals surface area contributed by atoms with Crippen molar-refractivity contribution < 1.29 is 4.79 Å². The maximum Gasteiger partial charge on any atom is 0.248 e. The summed E-state index contributed by atoms with van der Waals surface area (Å²) in [6.45, 7) is 2.71. The molecule has 4 N–H and O–H groups in total. The van der Waals surface area contributed by atoms with Crippen LogP contribution in [0.5, 0.6) is 0 Å². The first-order chi connectivity index (χ1) is 11.1. The lowest BCUT2D eigenvalue weighted by molar-refractivity contribution is 0.100. The molecule has 0 radical (unpaired) electrons. The highest BCUT2D eigenvalue weighted by molar-refractivity contribution is 5.96. The largest absolute Gasteiger partial charge is 0.366 e. The van der Waals surface area contributed by atoms with E-state index in [0.29, 0.717) is 12.1 Å². The lowest BCUT2D eigenvalue weighted by atomic mass is 10.1. The number of hydrogen-bond donors (Lipinski definition) is 2. The van der Waals surface area contributed by atoms with Gasteiger partial charge in [-0.2, -0.15) is 0 Å². The van der Waals surface area contributed by atoms with Crippen LogP contribution in [0.25, 0.3) is 16.7 Å². The molecule has 0 aliphatic rings. The molecule has 3 rings (SSSR count). The average Bonchev–Trinajstić information content (AvgIpc) is 2.93. The highest BCUT2D eigenvalue weighted by atomic mass is 16.1. The summed E-state index contributed by atoms with van der Waals surface area (Å²) in [6.07, 6.45) is 1.67. The Hall–Kier alpha value is -2.66. The van der Waals surface area contributed by atoms with E-state index in [1.165, 1.54) is 5.56 Å². The molecule has 0 aliphatic carbocycles. The second-order valence-electron chi connectivity index (χ2n) is 5.49. The summed E-state index contributed by atoms with van der Waals surface area (Å²) in [4.78, 5) is 16.0. The number of carbonyl (C=O) groups excluding carboxylic acids is 1. The van der Waals surface area contributed by atoms with Crippen LogP contribution in [0.3, 0.4) is 0 Å². The fraction of sp³-hybridized carbons (Fsp3) is 0.222. The quantitative estimate of drug-likeness (QED) is 0.757. The zero-order chi connectivity index (χ0) is 16.4. The number of carbonyl (C=O) groups is 1. The number of hydrogen-bond acceptors (Lipinski definition) is 3. The second kappa shape index (κ2) is 6.22. The first-order valence-electron chi connectivity index (χ1n) is 7.74. The van der Waals surface area contributed by atoms with Crippen molar-refractivity contribution in [2.75, 3.05) is 6.54 Å². The van der Waals surface area contributed by atoms with Crippen LogP contribution in [0, 0.1) is 0 Å². The number of fused-ring (bicyclic) bond motifs is 1. The van der Waals surface area contributed by atoms with Gasteiger partial charge in [0.15, 0.2) is 0 Å². The van der Waals surface area contributed by atoms with Crippen molar-refractivity contribution in [1.29, 1.82) is 0 Å². The molecular formula is C18H20N4O. The van der Waals surface area contributed by atoms with Crippen molar-refractivity contribution in [3.8, 4) is 5.69 Å². The molecule has 2 aromatic carbocycles. The van der Waals surface area contributed by atoms with E-state index in [4.69, 9.17) is 11.5 Å². The van der Waals surface area contributed by atoms with E-state index in [1.54, 1.807) is 12.1 Å². The van der Waals surface area contributed by atoms with Crippen molar-refractivity contribution in [2.24, 2.45) is 11.5 Å². The number of nitrogens with zero attached hydrogens (tertiary/aromatic N) is 2. The van der Waals surface area contributed by atoms with Crippen molar-refractivity contribution >= 4 is 16.9 Å². The third-order valence-electron chi connectivity index (χ3n) is 3.95. The minimum absolute atomic E-state index is 0.439. The zero-order valence-corrected chi connectivity index (χ0v) is 13.1. The topological polar surface area (TPSA) is 86.9 Å². The van der Waals surface area contributed by atoms with Gasteiger partial charge < -0.3 is 11.5 Å². The normalized spacial score (nSPS) is 11.0. The van der Waals surface area contributed by atoms with Gasteiger partial charge in [0, 0.05) is 17.7 Å². The Morgan fingerprint density at radius 2 is 1.91 bits per heavy atom. The molecule has 0 bridgehead atoms. The smallest absolute Gasteiger partial charge is 0.248 e. The molecule has 118 valence electrons. The molecule has 0 saturated heterocycles. The molecule has 0 unspecified atom stereocenters. The third-order valence-corrected chi connectivity index (χ3v) is 3.95. The molecule has 3 aromatic rings. The van der Waals surface area contributed by atoms with Crippen molar-refractivity contribution in [3.05, 3.63) is 59.4 Å². The molecule has 23 heavy (non-hydrogen) atoms. The first-order valence-corrected chi connectivity index (χ1v) is 7.74. The lowest BCUT2D eigenvalue weighted by Crippen LogP contribution is -2.10. The monoisotopic (exact) mass is 308 g/mol. The first kappa shape index (κ1) is 15.2. The molecule has 1 amide bonds. The molecular weight excluding hydrogens is 288 g/mol. The Morgan fingerprint density at radius 1 is 1.17 bits per heavy atom. The highest BCUT2D eigenvalue weighted by Crippen LogP contribution is 2.23. The number of aryl methyl sites for hydroxylation is 1. The molecule has 0 fully saturated rings. The Labute approximate surface area is 134 Å². The van der Waals surface area contributed by atoms with Crippen LogP contribution in [0.1, 0.15) is 28.7 Å². The fourth-order valence-corrected chi connectivity index (χ4v) is 2.79. The van der Waals surface area contributed by atoms with Crippen LogP contribution in [-0.2, 0) is 12.8 Å². The number of aromatic nitrogens is 2. The van der Waals surface area contributed by atoms with Crippen molar-refractivity contribution in [2.45, 2.75) is 19.8 Å². The van der Waals surface area contributed by atoms with Crippen molar-refractivity contribution in [3.63, 3.8) is 0 Å². The van der Waals surface area contributed by atoms with Gasteiger partial charge in [-0.1, -0.05) is 19.1 Å². The summed E-state index contributed by atoms with van der Waals surface area (Å²) in [5.41, 5.74) is 15.5. The lowest BCUT2D eigenvalue weighted by Gasteiger charge is -2.09. The van der Waals surface area contributed by atoms with Gasteiger partial charge in [0.25, 0.3) is 0 Å². The highest BCUT2D eigenvalue weighted by Gasteiger charge is 2.13. The van der Waals surface area contributed by atoms with Gasteiger partial charge in [-0.25, -0.2) is 4.98 Å². The van der Waals surface area contributed by atoms with Gasteiger partial charge in [-0.05, 0) is 48.9 Å². The molecule has 5 heteroatoms. The van der Waals surface area contributed by atoms with Gasteiger partial charge in [0.2, 0.25) is 5.91 Å². The van der Waals surface area contributed by atoms with Gasteiger partial charge in [-0.3, -0.25) is 9.36 Å². The van der Waals surface area contributed by atoms with Gasteiger partial charge in [0.05, 0.1) is 11.0 Å². The summed E-state index contributed by atoms with van der Waals surface area (Å²) >= 11 is 0. The predicted molar refractivity (Wildman–Crippen MR) is 91.7 cm³/mol. The van der Waals surface area contributed by atoms with Crippen LogP contribution >= 0.6 is 0 Å². The van der Waals surface area contributed by atoms with E-state index in [2.05, 4.69) is 40.7 Å². The minimum Gasteiger partial charge on any atom is -0.366 e. The van der Waals surface area contributed by atoms with Crippen LogP contribution in [-0.4, -0.2) is 22.0 Å². The molecule has 0 aliphatic heterocycles. The number of benzene rings is 2. The van der Waals surface area contributed by atoms with Crippen LogP contribution in [0.15, 0.2) is 42.5 Å². The summed E-state index contributed by atoms with van der Waals surface area (Å²) in [5.74, 6) is 0.513. The number of imidazole rings is 1. The van der Waals surface area contributed by atoms with Crippen LogP contribution < -0.4 is 11.5 Å². The second-order valence-corrected chi connectivity index (χ2v) is 5.49. The van der Waals surface area contributed by atoms with E-state index >= 15 is 0 Å². The SMILES string of the molecule is CCc1nc2cc(C(N)=O)ccc2n1-c1ccc(CCN)cc1. The number of nitrogens with two attached hydrogens (primary N) is 2. The van der Waals surface area contributed by atoms with E-state index in [-0.39, 0.29) is 0 Å². The average molecular weight is 308 g/mol. The molecule has 1 heterocycles. The van der Waals surface area contributed by atoms with Crippen LogP contribution in [0.2, 0.25) is 0 Å². The van der Waals surface area contributed by atoms with E-state index in [0.717, 1.165) is 35.4 Å². The number of rotatable bonds is 5. The summed E-state index contributed by atoms with van der Waals surface area (Å²) < 4.78 is 2.12. The van der Waals surface area contributed by atoms with Gasteiger partial charge in [-0.15, -0.1) is 0 Å². The Kier molecular flexibility index (Phi) is 4.12. The van der Waals surface area contributed by atoms with E-state index in [9.17, 15) is 4.79 Å². The molecule has 5 nitrogen and oxygen atoms in total. The zero-order valence-electron chi connectivity index (χ0n) is 13.1. The molecule has 0 saturated carbocycles. The Balaban J connectivity index is 2.13. The third kappa shape index (κ3) is 2.83. The maximum atomic E-state index is 11.4. The van der Waals surface area contributed by atoms with Crippen LogP contribution in [0.4, 0.5) is 0 Å². The van der Waals surface area contributed by atoms with Gasteiger partial charge >= 0.3 is 0 Å². The van der Waals surface area contributed by atoms with E-state index in [1.807, 2.05) is 6.07 Å². The minimum atomic E-state index is -0.439. The Morgan fingerprint density at radius 3 is 2.52 bits per heavy atom. The Bertz CT molecular complexity index is 849. The fourth-order valence-electron chi connectivity index (χ4n) is 2.79. The van der Waals surface area contributed by atoms with Gasteiger partial charge in [0.1, 0.15) is 5.82 Å². The summed E-state index contributed by atoms with van der Waals surface area (Å²) in [6, 6.07) is 13.7. The maximum absolute atomic E-state index is 11.4. The standard InChI is InChI=1S/C18H20N4O/c1-2-17-21-15-11-13(18(20)23)5-8-16(15)22(17)14-6-3-12(4-7-14)9-10-19/h3-8,11H,2,9-10,19H2,1H3,(H2,20,23). The van der Waals surface area contributed by atoms with Crippen molar-refractivity contribution in [1.82, 2.24) is 9.55 Å². The van der Waals surface area contributed by atoms with E-state index < -0.39 is 5.91 Å². The number of amides is 1. The molecule has 0 atom stereocenters. The number of primary amides is 1. The predicted octanol–water partition coefficient (Wildman–Crippen LogP) is 2.19.